The van der Waals surface area contributed by atoms with E-state index in [1.54, 1.807) is 54.1 Å². The fourth-order valence-electron chi connectivity index (χ4n) is 1.92. The normalized spacial score (nSPS) is 10.2. The third-order valence-electron chi connectivity index (χ3n) is 2.90. The number of aromatic carboxylic acids is 1. The Labute approximate surface area is 126 Å². The number of carboxylic acids is 1. The van der Waals surface area contributed by atoms with Crippen molar-refractivity contribution in [1.29, 1.82) is 0 Å². The number of nitrogens with zero attached hydrogens (tertiary/aromatic N) is 5. The van der Waals surface area contributed by atoms with E-state index in [-0.39, 0.29) is 5.56 Å². The summed E-state index contributed by atoms with van der Waals surface area (Å²) in [5.41, 5.74) is 0.897. The summed E-state index contributed by atoms with van der Waals surface area (Å²) in [6.45, 7) is 0. The molecule has 0 fully saturated rings. The Morgan fingerprint density at radius 1 is 0.955 bits per heavy atom. The Hall–Kier alpha value is -3.35. The van der Waals surface area contributed by atoms with Gasteiger partial charge in [-0.15, -0.1) is 0 Å². The van der Waals surface area contributed by atoms with Gasteiger partial charge in [-0.05, 0) is 30.3 Å². The van der Waals surface area contributed by atoms with Gasteiger partial charge in [-0.2, -0.15) is 0 Å². The minimum Gasteiger partial charge on any atom is -0.478 e. The predicted molar refractivity (Wildman–Crippen MR) is 79.3 cm³/mol. The van der Waals surface area contributed by atoms with E-state index in [9.17, 15) is 4.79 Å². The molecule has 7 heteroatoms. The zero-order valence-corrected chi connectivity index (χ0v) is 11.4. The summed E-state index contributed by atoms with van der Waals surface area (Å²) in [6.07, 6.45) is 7.97. The molecule has 0 saturated carbocycles. The lowest BCUT2D eigenvalue weighted by Crippen LogP contribution is -2.14. The van der Waals surface area contributed by atoms with Gasteiger partial charge >= 0.3 is 5.97 Å². The van der Waals surface area contributed by atoms with E-state index in [1.807, 2.05) is 0 Å². The average molecular weight is 293 g/mol. The number of carbonyl (C=O) groups is 1. The smallest absolute Gasteiger partial charge is 0.335 e. The maximum Gasteiger partial charge on any atom is 0.335 e. The minimum absolute atomic E-state index is 0.205. The van der Waals surface area contributed by atoms with E-state index in [0.717, 1.165) is 0 Å². The molecular weight excluding hydrogens is 282 g/mol. The van der Waals surface area contributed by atoms with Gasteiger partial charge in [-0.1, -0.05) is 0 Å². The van der Waals surface area contributed by atoms with E-state index in [2.05, 4.69) is 19.9 Å². The lowest BCUT2D eigenvalue weighted by atomic mass is 10.2. The average Bonchev–Trinajstić information content (AvgIpc) is 2.57. The maximum absolute atomic E-state index is 11.0. The van der Waals surface area contributed by atoms with Crippen LogP contribution < -0.4 is 4.90 Å². The highest BCUT2D eigenvalue weighted by atomic mass is 16.4. The van der Waals surface area contributed by atoms with Gasteiger partial charge in [0.1, 0.15) is 0 Å². The first-order valence-electron chi connectivity index (χ1n) is 6.42. The van der Waals surface area contributed by atoms with Crippen LogP contribution in [-0.4, -0.2) is 31.0 Å². The molecule has 0 bridgehead atoms. The molecule has 0 unspecified atom stereocenters. The van der Waals surface area contributed by atoms with Gasteiger partial charge < -0.3 is 5.11 Å². The second kappa shape index (κ2) is 5.96. The van der Waals surface area contributed by atoms with Crippen molar-refractivity contribution in [1.82, 2.24) is 19.9 Å². The molecule has 22 heavy (non-hydrogen) atoms. The molecule has 1 aromatic carbocycles. The standard InChI is InChI=1S/C15H11N5O2/c21-14(22)11-2-4-12(5-3-11)20(13-10-16-8-9-17-13)15-18-6-1-7-19-15/h1-10H,(H,21,22). The van der Waals surface area contributed by atoms with Crippen LogP contribution in [0, 0.1) is 0 Å². The molecule has 1 N–H and O–H groups in total. The first-order valence-corrected chi connectivity index (χ1v) is 6.42. The molecule has 108 valence electrons. The number of hydrogen-bond acceptors (Lipinski definition) is 6. The van der Waals surface area contributed by atoms with Crippen molar-refractivity contribution in [2.24, 2.45) is 0 Å². The molecule has 2 aromatic heterocycles. The van der Waals surface area contributed by atoms with Gasteiger partial charge in [-0.25, -0.2) is 19.7 Å². The van der Waals surface area contributed by atoms with Crippen LogP contribution in [0.2, 0.25) is 0 Å². The maximum atomic E-state index is 11.0. The highest BCUT2D eigenvalue weighted by Gasteiger charge is 2.16. The van der Waals surface area contributed by atoms with Crippen molar-refractivity contribution in [3.63, 3.8) is 0 Å². The second-order valence-corrected chi connectivity index (χ2v) is 4.30. The highest BCUT2D eigenvalue weighted by Crippen LogP contribution is 2.29. The highest BCUT2D eigenvalue weighted by molar-refractivity contribution is 5.88. The summed E-state index contributed by atoms with van der Waals surface area (Å²) >= 11 is 0. The molecule has 0 spiro atoms. The Morgan fingerprint density at radius 3 is 2.27 bits per heavy atom. The van der Waals surface area contributed by atoms with Crippen molar-refractivity contribution in [2.75, 3.05) is 4.90 Å². The molecule has 2 heterocycles. The van der Waals surface area contributed by atoms with Crippen LogP contribution in [0.1, 0.15) is 10.4 Å². The number of anilines is 3. The third-order valence-corrected chi connectivity index (χ3v) is 2.90. The van der Waals surface area contributed by atoms with E-state index in [1.165, 1.54) is 12.1 Å². The van der Waals surface area contributed by atoms with E-state index >= 15 is 0 Å². The summed E-state index contributed by atoms with van der Waals surface area (Å²) in [4.78, 5) is 29.4. The van der Waals surface area contributed by atoms with Crippen LogP contribution in [-0.2, 0) is 0 Å². The number of carboxylic acid groups (broad SMARTS) is 1. The zero-order chi connectivity index (χ0) is 15.4. The summed E-state index contributed by atoms with van der Waals surface area (Å²) < 4.78 is 0. The van der Waals surface area contributed by atoms with E-state index in [4.69, 9.17) is 5.11 Å². The van der Waals surface area contributed by atoms with Gasteiger partial charge in [0, 0.05) is 24.8 Å². The fourth-order valence-corrected chi connectivity index (χ4v) is 1.92. The largest absolute Gasteiger partial charge is 0.478 e. The molecule has 0 aliphatic carbocycles. The van der Waals surface area contributed by atoms with Gasteiger partial charge in [0.05, 0.1) is 17.4 Å². The predicted octanol–water partition coefficient (Wildman–Crippen LogP) is 2.43. The van der Waals surface area contributed by atoms with Crippen LogP contribution in [0.4, 0.5) is 17.5 Å². The Kier molecular flexibility index (Phi) is 3.69. The molecule has 0 radical (unpaired) electrons. The molecular formula is C15H11N5O2. The first kappa shape index (κ1) is 13.6. The molecule has 0 aliphatic rings. The molecule has 0 saturated heterocycles. The molecule has 3 rings (SSSR count). The number of hydrogen-bond donors (Lipinski definition) is 1. The van der Waals surface area contributed by atoms with Crippen LogP contribution >= 0.6 is 0 Å². The summed E-state index contributed by atoms with van der Waals surface area (Å²) in [7, 11) is 0. The number of benzene rings is 1. The third kappa shape index (κ3) is 2.73. The van der Waals surface area contributed by atoms with Crippen LogP contribution in [0.5, 0.6) is 0 Å². The van der Waals surface area contributed by atoms with Crippen LogP contribution in [0.25, 0.3) is 0 Å². The van der Waals surface area contributed by atoms with Gasteiger partial charge in [0.25, 0.3) is 0 Å². The first-order chi connectivity index (χ1) is 10.8. The Bertz CT molecular complexity index is 723. The van der Waals surface area contributed by atoms with Gasteiger partial charge in [0.2, 0.25) is 5.95 Å². The van der Waals surface area contributed by atoms with Crippen molar-refractivity contribution in [2.45, 2.75) is 0 Å². The van der Waals surface area contributed by atoms with Crippen molar-refractivity contribution in [3.8, 4) is 0 Å². The minimum atomic E-state index is -0.978. The molecule has 7 nitrogen and oxygen atoms in total. The topological polar surface area (TPSA) is 92.1 Å². The molecule has 0 aliphatic heterocycles. The summed E-state index contributed by atoms with van der Waals surface area (Å²) in [5, 5.41) is 8.99. The van der Waals surface area contributed by atoms with Gasteiger partial charge in [0.15, 0.2) is 5.82 Å². The second-order valence-electron chi connectivity index (χ2n) is 4.30. The van der Waals surface area contributed by atoms with Crippen LogP contribution in [0.15, 0.2) is 61.3 Å². The fraction of sp³-hybridized carbons (Fsp3) is 0. The molecule has 0 amide bonds. The Morgan fingerprint density at radius 2 is 1.68 bits per heavy atom. The molecule has 3 aromatic rings. The summed E-state index contributed by atoms with van der Waals surface area (Å²) in [6, 6.07) is 8.10. The lowest BCUT2D eigenvalue weighted by molar-refractivity contribution is 0.0697. The Balaban J connectivity index is 2.08. The van der Waals surface area contributed by atoms with Gasteiger partial charge in [-0.3, -0.25) is 9.88 Å². The van der Waals surface area contributed by atoms with E-state index < -0.39 is 5.97 Å². The number of rotatable bonds is 4. The summed E-state index contributed by atoms with van der Waals surface area (Å²) in [5.74, 6) is -0.0172. The molecule has 0 atom stereocenters. The monoisotopic (exact) mass is 293 g/mol. The zero-order valence-electron chi connectivity index (χ0n) is 11.4. The number of aromatic nitrogens is 4. The lowest BCUT2D eigenvalue weighted by Gasteiger charge is -2.21. The van der Waals surface area contributed by atoms with E-state index in [0.29, 0.717) is 17.5 Å². The SMILES string of the molecule is O=C(O)c1ccc(N(c2cnccn2)c2ncccn2)cc1. The van der Waals surface area contributed by atoms with Crippen LogP contribution in [0.3, 0.4) is 0 Å². The quantitative estimate of drug-likeness (QED) is 0.789. The van der Waals surface area contributed by atoms with Crippen molar-refractivity contribution in [3.05, 3.63) is 66.9 Å². The van der Waals surface area contributed by atoms with Crippen molar-refractivity contribution >= 4 is 23.4 Å². The van der Waals surface area contributed by atoms with Crippen molar-refractivity contribution < 1.29 is 9.90 Å².